The van der Waals surface area contributed by atoms with Crippen LogP contribution in [0.1, 0.15) is 6.42 Å². The Morgan fingerprint density at radius 1 is 1.53 bits per heavy atom. The Hall–Kier alpha value is -1.73. The minimum absolute atomic E-state index is 0.0891. The Balaban J connectivity index is 1.79. The van der Waals surface area contributed by atoms with Crippen molar-refractivity contribution in [1.82, 2.24) is 15.2 Å². The summed E-state index contributed by atoms with van der Waals surface area (Å²) in [6, 6.07) is 4.99. The average molecular weight is 298 g/mol. The van der Waals surface area contributed by atoms with Crippen LogP contribution < -0.4 is 11.1 Å². The summed E-state index contributed by atoms with van der Waals surface area (Å²) in [5.74, 6) is 0.526. The van der Waals surface area contributed by atoms with Crippen molar-refractivity contribution in [2.45, 2.75) is 11.6 Å². The van der Waals surface area contributed by atoms with Crippen LogP contribution in [0.2, 0.25) is 5.02 Å². The van der Waals surface area contributed by atoms with Gasteiger partial charge in [0.15, 0.2) is 5.16 Å². The average Bonchev–Trinajstić information content (AvgIpc) is 2.87. The van der Waals surface area contributed by atoms with Crippen LogP contribution in [-0.2, 0) is 4.79 Å². The molecule has 0 saturated carbocycles. The van der Waals surface area contributed by atoms with E-state index < -0.39 is 0 Å². The number of nitrogens with zero attached hydrogens (tertiary/aromatic N) is 2. The van der Waals surface area contributed by atoms with E-state index in [-0.39, 0.29) is 5.91 Å². The minimum atomic E-state index is -0.0891. The predicted molar refractivity (Wildman–Crippen MR) is 76.2 cm³/mol. The summed E-state index contributed by atoms with van der Waals surface area (Å²) in [4.78, 5) is 15.6. The molecule has 0 aliphatic carbocycles. The summed E-state index contributed by atoms with van der Waals surface area (Å²) < 4.78 is 0. The van der Waals surface area contributed by atoms with E-state index in [0.29, 0.717) is 33.7 Å². The molecule has 2 rings (SSSR count). The maximum Gasteiger partial charge on any atom is 0.225 e. The minimum Gasteiger partial charge on any atom is -0.397 e. The summed E-state index contributed by atoms with van der Waals surface area (Å²) in [5, 5.41) is 10.4. The fraction of sp³-hybridized carbons (Fsp3) is 0.182. The van der Waals surface area contributed by atoms with Crippen LogP contribution in [-0.4, -0.2) is 26.8 Å². The predicted octanol–water partition coefficient (Wildman–Crippen LogP) is 2.16. The number of nitrogens with one attached hydrogen (secondary N) is 2. The van der Waals surface area contributed by atoms with Gasteiger partial charge in [0.25, 0.3) is 0 Å². The van der Waals surface area contributed by atoms with E-state index in [1.807, 2.05) is 0 Å². The van der Waals surface area contributed by atoms with Gasteiger partial charge < -0.3 is 11.1 Å². The van der Waals surface area contributed by atoms with Gasteiger partial charge in [-0.05, 0) is 18.2 Å². The SMILES string of the molecule is Nc1cc(NC(=O)CCSc2ncn[nH]2)ccc1Cl. The lowest BCUT2D eigenvalue weighted by atomic mass is 10.2. The summed E-state index contributed by atoms with van der Waals surface area (Å²) in [7, 11) is 0. The van der Waals surface area contributed by atoms with E-state index in [0.717, 1.165) is 0 Å². The van der Waals surface area contributed by atoms with E-state index in [2.05, 4.69) is 20.5 Å². The first-order chi connectivity index (χ1) is 9.15. The number of amides is 1. The number of H-pyrrole nitrogens is 1. The molecule has 0 unspecified atom stereocenters. The summed E-state index contributed by atoms with van der Waals surface area (Å²) in [6.07, 6.45) is 1.80. The molecule has 0 aliphatic rings. The number of carbonyl (C=O) groups is 1. The number of aromatic amines is 1. The van der Waals surface area contributed by atoms with Crippen LogP contribution in [0.3, 0.4) is 0 Å². The third kappa shape index (κ3) is 4.15. The third-order valence-corrected chi connectivity index (χ3v) is 3.46. The highest BCUT2D eigenvalue weighted by Crippen LogP contribution is 2.22. The number of benzene rings is 1. The van der Waals surface area contributed by atoms with E-state index in [4.69, 9.17) is 17.3 Å². The van der Waals surface area contributed by atoms with Crippen molar-refractivity contribution in [1.29, 1.82) is 0 Å². The molecule has 0 aliphatic heterocycles. The molecule has 0 saturated heterocycles. The van der Waals surface area contributed by atoms with Gasteiger partial charge in [0.1, 0.15) is 6.33 Å². The fourth-order valence-corrected chi connectivity index (χ4v) is 2.19. The van der Waals surface area contributed by atoms with Crippen LogP contribution in [0.25, 0.3) is 0 Å². The number of halogens is 1. The molecule has 100 valence electrons. The molecule has 19 heavy (non-hydrogen) atoms. The van der Waals surface area contributed by atoms with Crippen LogP contribution in [0.5, 0.6) is 0 Å². The highest BCUT2D eigenvalue weighted by atomic mass is 35.5. The second kappa shape index (κ2) is 6.44. The maximum absolute atomic E-state index is 11.7. The highest BCUT2D eigenvalue weighted by Gasteiger charge is 2.05. The molecule has 1 aromatic heterocycles. The largest absolute Gasteiger partial charge is 0.397 e. The van der Waals surface area contributed by atoms with Crippen LogP contribution in [0.15, 0.2) is 29.7 Å². The third-order valence-electron chi connectivity index (χ3n) is 2.24. The van der Waals surface area contributed by atoms with Gasteiger partial charge >= 0.3 is 0 Å². The number of nitrogens with two attached hydrogens (primary N) is 1. The van der Waals surface area contributed by atoms with Gasteiger partial charge in [-0.15, -0.1) is 0 Å². The van der Waals surface area contributed by atoms with Gasteiger partial charge in [-0.2, -0.15) is 5.10 Å². The number of aromatic nitrogens is 3. The standard InChI is InChI=1S/C11H12ClN5OS/c12-8-2-1-7(5-9(8)13)16-10(18)3-4-19-11-14-6-15-17-11/h1-2,5-6H,3-4,13H2,(H,16,18)(H,14,15,17). The second-order valence-electron chi connectivity index (χ2n) is 3.67. The monoisotopic (exact) mass is 297 g/mol. The number of rotatable bonds is 5. The van der Waals surface area contributed by atoms with Gasteiger partial charge in [-0.25, -0.2) is 4.98 Å². The van der Waals surface area contributed by atoms with E-state index in [9.17, 15) is 4.79 Å². The molecule has 0 fully saturated rings. The molecule has 1 heterocycles. The van der Waals surface area contributed by atoms with Crippen LogP contribution in [0.4, 0.5) is 11.4 Å². The zero-order valence-electron chi connectivity index (χ0n) is 9.89. The van der Waals surface area contributed by atoms with Crippen molar-refractivity contribution >= 4 is 40.6 Å². The molecule has 0 spiro atoms. The Morgan fingerprint density at radius 2 is 2.37 bits per heavy atom. The first kappa shape index (κ1) is 13.7. The van der Waals surface area contributed by atoms with Crippen molar-refractivity contribution in [2.24, 2.45) is 0 Å². The van der Waals surface area contributed by atoms with Crippen molar-refractivity contribution in [2.75, 3.05) is 16.8 Å². The molecule has 2 aromatic rings. The molecule has 4 N–H and O–H groups in total. The molecule has 1 aromatic carbocycles. The molecule has 0 bridgehead atoms. The van der Waals surface area contributed by atoms with Gasteiger partial charge in [0.2, 0.25) is 5.91 Å². The fourth-order valence-electron chi connectivity index (χ4n) is 1.35. The van der Waals surface area contributed by atoms with Gasteiger partial charge in [-0.1, -0.05) is 23.4 Å². The normalized spacial score (nSPS) is 10.4. The summed E-state index contributed by atoms with van der Waals surface area (Å²) in [6.45, 7) is 0. The Kier molecular flexibility index (Phi) is 4.64. The van der Waals surface area contributed by atoms with Crippen molar-refractivity contribution < 1.29 is 4.79 Å². The number of carbonyl (C=O) groups excluding carboxylic acids is 1. The number of nitrogen functional groups attached to an aromatic ring is 1. The second-order valence-corrected chi connectivity index (χ2v) is 5.16. The van der Waals surface area contributed by atoms with Crippen LogP contribution >= 0.6 is 23.4 Å². The quantitative estimate of drug-likeness (QED) is 0.580. The lowest BCUT2D eigenvalue weighted by Gasteiger charge is -2.06. The zero-order valence-corrected chi connectivity index (χ0v) is 11.5. The molecule has 0 radical (unpaired) electrons. The molecule has 8 heteroatoms. The van der Waals surface area contributed by atoms with Crippen LogP contribution in [0, 0.1) is 0 Å². The summed E-state index contributed by atoms with van der Waals surface area (Å²) in [5.41, 5.74) is 6.73. The number of thioether (sulfide) groups is 1. The first-order valence-corrected chi connectivity index (χ1v) is 6.84. The number of hydrogen-bond donors (Lipinski definition) is 3. The van der Waals surface area contributed by atoms with E-state index in [1.54, 1.807) is 18.2 Å². The van der Waals surface area contributed by atoms with Crippen molar-refractivity contribution in [3.8, 4) is 0 Å². The maximum atomic E-state index is 11.7. The molecular weight excluding hydrogens is 286 g/mol. The lowest BCUT2D eigenvalue weighted by Crippen LogP contribution is -2.12. The number of anilines is 2. The Labute approximate surface area is 119 Å². The van der Waals surface area contributed by atoms with E-state index >= 15 is 0 Å². The highest BCUT2D eigenvalue weighted by molar-refractivity contribution is 7.99. The Bertz CT molecular complexity index is 560. The van der Waals surface area contributed by atoms with Crippen molar-refractivity contribution in [3.63, 3.8) is 0 Å². The first-order valence-electron chi connectivity index (χ1n) is 5.48. The van der Waals surface area contributed by atoms with Crippen molar-refractivity contribution in [3.05, 3.63) is 29.5 Å². The lowest BCUT2D eigenvalue weighted by molar-refractivity contribution is -0.115. The topological polar surface area (TPSA) is 96.7 Å². The smallest absolute Gasteiger partial charge is 0.225 e. The molecule has 0 atom stereocenters. The summed E-state index contributed by atoms with van der Waals surface area (Å²) >= 11 is 7.24. The van der Waals surface area contributed by atoms with Gasteiger partial charge in [-0.3, -0.25) is 9.89 Å². The van der Waals surface area contributed by atoms with E-state index in [1.165, 1.54) is 18.1 Å². The molecule has 1 amide bonds. The van der Waals surface area contributed by atoms with Gasteiger partial charge in [0.05, 0.1) is 10.7 Å². The zero-order chi connectivity index (χ0) is 13.7. The van der Waals surface area contributed by atoms with Gasteiger partial charge in [0, 0.05) is 17.9 Å². The number of hydrogen-bond acceptors (Lipinski definition) is 5. The Morgan fingerprint density at radius 3 is 3.05 bits per heavy atom. The molecule has 6 nitrogen and oxygen atoms in total. The molecular formula is C11H12ClN5OS.